The molecule has 0 fully saturated rings. The monoisotopic (exact) mass is 1310 g/mol. The molecule has 3 heterocycles. The lowest BCUT2D eigenvalue weighted by Crippen LogP contribution is -2.25. The summed E-state index contributed by atoms with van der Waals surface area (Å²) in [5, 5.41) is 0. The second kappa shape index (κ2) is 34.8. The number of aromatic nitrogens is 3. The van der Waals surface area contributed by atoms with Crippen LogP contribution in [-0.4, -0.2) is 85.9 Å². The van der Waals surface area contributed by atoms with Crippen molar-refractivity contribution in [3.05, 3.63) is 266 Å². The molecule has 0 radical (unpaired) electrons. The number of halogens is 6. The summed E-state index contributed by atoms with van der Waals surface area (Å²) in [6, 6.07) is 45.1. The average Bonchev–Trinajstić information content (AvgIpc) is 0.903. The van der Waals surface area contributed by atoms with Gasteiger partial charge in [0, 0.05) is 135 Å². The molecular weight excluding hydrogens is 1230 g/mol. The first-order valence-electron chi connectivity index (χ1n) is 31.7. The number of hydrogen-bond donors (Lipinski definition) is 0. The van der Waals surface area contributed by atoms with Gasteiger partial charge in [-0.2, -0.15) is 18.2 Å². The molecule has 0 aliphatic heterocycles. The van der Waals surface area contributed by atoms with Crippen LogP contribution in [0.3, 0.4) is 0 Å². The van der Waals surface area contributed by atoms with Crippen LogP contribution in [0, 0.1) is 56.1 Å². The van der Waals surface area contributed by atoms with Crippen molar-refractivity contribution in [2.24, 2.45) is 0 Å². The van der Waals surface area contributed by atoms with Gasteiger partial charge in [-0.25, -0.2) is 18.2 Å². The molecule has 0 atom stereocenters. The molecule has 12 nitrogen and oxygen atoms in total. The minimum Gasteiger partial charge on any atom is -0.341 e. The largest absolute Gasteiger partial charge is 0.341 e. The normalized spacial score (nSPS) is 10.8. The van der Waals surface area contributed by atoms with Gasteiger partial charge in [-0.1, -0.05) is 142 Å². The minimum absolute atomic E-state index is 0.0227. The Balaban J connectivity index is 0.000000203. The maximum Gasteiger partial charge on any atom is 0.222 e. The van der Waals surface area contributed by atoms with Gasteiger partial charge in [0.15, 0.2) is 17.3 Å². The number of rotatable bonds is 24. The third kappa shape index (κ3) is 20.6. The molecule has 6 aromatic carbocycles. The van der Waals surface area contributed by atoms with Crippen LogP contribution in [0.25, 0.3) is 33.4 Å². The molecule has 0 N–H and O–H groups in total. The van der Waals surface area contributed by atoms with Gasteiger partial charge in [-0.3, -0.25) is 33.8 Å². The number of amides is 3. The van der Waals surface area contributed by atoms with E-state index in [2.05, 4.69) is 15.0 Å². The molecule has 0 aliphatic rings. The van der Waals surface area contributed by atoms with Crippen LogP contribution in [0.15, 0.2) is 164 Å². The summed E-state index contributed by atoms with van der Waals surface area (Å²) in [5.41, 5.74) is 12.1. The number of carbonyl (C=O) groups is 6. The van der Waals surface area contributed by atoms with Crippen LogP contribution < -0.4 is 0 Å². The Labute approximate surface area is 557 Å². The quantitative estimate of drug-likeness (QED) is 0.0327. The van der Waals surface area contributed by atoms with E-state index in [0.717, 1.165) is 50.8 Å². The first kappa shape index (κ1) is 73.2. The lowest BCUT2D eigenvalue weighted by atomic mass is 9.98. The van der Waals surface area contributed by atoms with Gasteiger partial charge in [0.25, 0.3) is 0 Å². The lowest BCUT2D eigenvalue weighted by Gasteiger charge is -2.17. The van der Waals surface area contributed by atoms with E-state index in [1.165, 1.54) is 45.0 Å². The van der Waals surface area contributed by atoms with Gasteiger partial charge < -0.3 is 14.7 Å². The summed E-state index contributed by atoms with van der Waals surface area (Å²) < 4.78 is 83.3. The highest BCUT2D eigenvalue weighted by Gasteiger charge is 2.18. The predicted molar refractivity (Wildman–Crippen MR) is 361 cm³/mol. The number of hydrogen-bond acceptors (Lipinski definition) is 9. The maximum atomic E-state index is 14.6. The SMILES string of the molecule is CCC(=O)N(C)Cc1ccc(-c2ccc(C(=O)CCc3ccc(C)nc3C)cc2)cc1F.CCC(=O)N(C)Cc1ccc(-c2ccc(C(=O)CCc3ccc(F)nc3C)cc2)cc1F.CCC(=O)N(C)Cc1ccc(-c2ccc(C(=O)CCc3ccc(F)nc3F)cc2)cc1F. The number of ketones is 3. The highest BCUT2D eigenvalue weighted by molar-refractivity contribution is 5.98. The molecule has 9 rings (SSSR count). The fourth-order valence-corrected chi connectivity index (χ4v) is 10.6. The lowest BCUT2D eigenvalue weighted by molar-refractivity contribution is -0.130. The van der Waals surface area contributed by atoms with Crippen molar-refractivity contribution in [3.63, 3.8) is 0 Å². The van der Waals surface area contributed by atoms with Crippen LogP contribution >= 0.6 is 0 Å². The highest BCUT2D eigenvalue weighted by Crippen LogP contribution is 2.28. The van der Waals surface area contributed by atoms with Crippen LogP contribution in [0.1, 0.15) is 141 Å². The number of Topliss-reactive ketones (excluding diaryl/α,β-unsaturated/α-hetero) is 3. The van der Waals surface area contributed by atoms with Gasteiger partial charge >= 0.3 is 0 Å². The van der Waals surface area contributed by atoms with E-state index in [-0.39, 0.29) is 84.7 Å². The van der Waals surface area contributed by atoms with Crippen molar-refractivity contribution < 1.29 is 55.1 Å². The molecule has 0 unspecified atom stereocenters. The standard InChI is InChI=1S/C27H29FN2O2.C26H26F2N2O2.C25H23F3N2O2/c1-5-27(32)30(4)17-24-13-12-23(16-25(24)28)21-8-10-22(11-9-21)26(31)15-14-20-7-6-18(2)29-19(20)3;1-4-26(32)30(3)16-22-10-9-21(15-23(22)27)19-5-7-20(8-6-19)24(31)13-11-18-12-14-25(28)29-17(18)2;1-3-24(32)30(2)15-20-9-8-19(14-21(20)26)16-4-6-17(7-5-16)22(31)12-10-18-11-13-23(27)29-25(18)28/h6-13,16H,5,14-15,17H2,1-4H3;5-10,12,14-15H,4,11,13,16H2,1-3H3;4-9,11,13-14H,3,10,12,15H2,1-2H3. The molecule has 0 bridgehead atoms. The third-order valence-corrected chi connectivity index (χ3v) is 16.4. The molecule has 0 saturated heterocycles. The summed E-state index contributed by atoms with van der Waals surface area (Å²) in [5.74, 6) is -3.75. The molecule has 3 amide bonds. The fourth-order valence-electron chi connectivity index (χ4n) is 10.6. The van der Waals surface area contributed by atoms with E-state index in [9.17, 15) is 55.1 Å². The molecule has 18 heteroatoms. The van der Waals surface area contributed by atoms with Crippen molar-refractivity contribution >= 4 is 35.1 Å². The summed E-state index contributed by atoms with van der Waals surface area (Å²) in [7, 11) is 4.96. The summed E-state index contributed by atoms with van der Waals surface area (Å²) in [6.07, 6.45) is 3.14. The molecule has 0 aliphatic carbocycles. The Hall–Kier alpha value is -10.2. The molecule has 498 valence electrons. The number of pyridine rings is 3. The Morgan fingerprint density at radius 3 is 0.917 bits per heavy atom. The van der Waals surface area contributed by atoms with Crippen molar-refractivity contribution in [3.8, 4) is 33.4 Å². The second-order valence-electron chi connectivity index (χ2n) is 23.4. The predicted octanol–water partition coefficient (Wildman–Crippen LogP) is 16.6. The average molecular weight is 1310 g/mol. The van der Waals surface area contributed by atoms with Crippen molar-refractivity contribution in [1.29, 1.82) is 0 Å². The van der Waals surface area contributed by atoms with E-state index in [4.69, 9.17) is 0 Å². The Morgan fingerprint density at radius 2 is 0.615 bits per heavy atom. The van der Waals surface area contributed by atoms with Crippen molar-refractivity contribution in [2.75, 3.05) is 21.1 Å². The maximum absolute atomic E-state index is 14.6. The van der Waals surface area contributed by atoms with Gasteiger partial charge in [0.2, 0.25) is 35.6 Å². The molecule has 96 heavy (non-hydrogen) atoms. The van der Waals surface area contributed by atoms with E-state index >= 15 is 0 Å². The zero-order chi connectivity index (χ0) is 69.8. The Morgan fingerprint density at radius 1 is 0.333 bits per heavy atom. The van der Waals surface area contributed by atoms with E-state index < -0.39 is 23.7 Å². The molecule has 9 aromatic rings. The summed E-state index contributed by atoms with van der Waals surface area (Å²) in [6.45, 7) is 11.6. The molecule has 0 saturated carbocycles. The minimum atomic E-state index is -0.913. The zero-order valence-electron chi connectivity index (χ0n) is 55.5. The summed E-state index contributed by atoms with van der Waals surface area (Å²) in [4.78, 5) is 88.6. The van der Waals surface area contributed by atoms with E-state index in [1.807, 2.05) is 50.2 Å². The van der Waals surface area contributed by atoms with Crippen LogP contribution in [0.4, 0.5) is 26.3 Å². The van der Waals surface area contributed by atoms with Gasteiger partial charge in [-0.15, -0.1) is 0 Å². The topological polar surface area (TPSA) is 151 Å². The van der Waals surface area contributed by atoms with Gasteiger partial charge in [0.1, 0.15) is 17.5 Å². The molecule has 3 aromatic heterocycles. The number of aryl methyl sites for hydroxylation is 6. The van der Waals surface area contributed by atoms with Crippen LogP contribution in [0.5, 0.6) is 0 Å². The Kier molecular flexibility index (Phi) is 26.5. The van der Waals surface area contributed by atoms with Gasteiger partial charge in [0.05, 0.1) is 0 Å². The van der Waals surface area contributed by atoms with Crippen LogP contribution in [-0.2, 0) is 53.3 Å². The first-order valence-corrected chi connectivity index (χ1v) is 31.7. The molecular formula is C78H78F6N6O6. The number of benzene rings is 6. The number of carbonyl (C=O) groups excluding carboxylic acids is 6. The van der Waals surface area contributed by atoms with Crippen LogP contribution in [0.2, 0.25) is 0 Å². The Bertz CT molecular complexity index is 3810. The third-order valence-electron chi connectivity index (χ3n) is 16.4. The fraction of sp³-hybridized carbons (Fsp3) is 0.269. The first-order chi connectivity index (χ1) is 45.8. The van der Waals surface area contributed by atoms with Gasteiger partial charge in [-0.05, 0) is 127 Å². The second-order valence-corrected chi connectivity index (χ2v) is 23.4. The highest BCUT2D eigenvalue weighted by atomic mass is 19.2. The van der Waals surface area contributed by atoms with E-state index in [1.54, 1.807) is 140 Å². The van der Waals surface area contributed by atoms with E-state index in [0.29, 0.717) is 95.1 Å². The zero-order valence-corrected chi connectivity index (χ0v) is 55.5. The molecule has 0 spiro atoms. The smallest absolute Gasteiger partial charge is 0.222 e. The number of nitrogens with zero attached hydrogens (tertiary/aromatic N) is 6. The van der Waals surface area contributed by atoms with Crippen molar-refractivity contribution in [2.45, 2.75) is 119 Å². The summed E-state index contributed by atoms with van der Waals surface area (Å²) >= 11 is 0. The van der Waals surface area contributed by atoms with Crippen molar-refractivity contribution in [1.82, 2.24) is 29.7 Å².